The van der Waals surface area contributed by atoms with Crippen LogP contribution in [-0.4, -0.2) is 36.5 Å². The number of esters is 1. The standard InChI is InChI=1S/C5H8O2.C4H10O2/c1-4(2)5(6)7-3;5-3-1-2-4-6/h1H2,2-3H3;5-6H,1-4H2. The Labute approximate surface area is 78.8 Å². The van der Waals surface area contributed by atoms with E-state index in [0.717, 1.165) is 12.8 Å². The van der Waals surface area contributed by atoms with Crippen molar-refractivity contribution >= 4 is 5.97 Å². The first kappa shape index (κ1) is 14.6. The van der Waals surface area contributed by atoms with Gasteiger partial charge in [-0.25, -0.2) is 4.79 Å². The molecule has 0 spiro atoms. The molecule has 0 radical (unpaired) electrons. The monoisotopic (exact) mass is 190 g/mol. The molecule has 0 heterocycles. The van der Waals surface area contributed by atoms with Crippen molar-refractivity contribution < 1.29 is 19.7 Å². The van der Waals surface area contributed by atoms with Gasteiger partial charge in [0.2, 0.25) is 0 Å². The second kappa shape index (κ2) is 11.1. The Morgan fingerprint density at radius 2 is 1.69 bits per heavy atom. The summed E-state index contributed by atoms with van der Waals surface area (Å²) in [5, 5.41) is 16.2. The van der Waals surface area contributed by atoms with E-state index in [1.807, 2.05) is 0 Å². The molecule has 0 aliphatic carbocycles. The third-order valence-electron chi connectivity index (χ3n) is 1.10. The van der Waals surface area contributed by atoms with E-state index in [1.165, 1.54) is 7.11 Å². The summed E-state index contributed by atoms with van der Waals surface area (Å²) < 4.78 is 4.27. The van der Waals surface area contributed by atoms with Crippen molar-refractivity contribution in [3.63, 3.8) is 0 Å². The summed E-state index contributed by atoms with van der Waals surface area (Å²) in [6.07, 6.45) is 1.44. The van der Waals surface area contributed by atoms with Gasteiger partial charge in [0, 0.05) is 18.8 Å². The Morgan fingerprint density at radius 1 is 1.31 bits per heavy atom. The van der Waals surface area contributed by atoms with Gasteiger partial charge in [0.15, 0.2) is 0 Å². The Balaban J connectivity index is 0. The van der Waals surface area contributed by atoms with Gasteiger partial charge in [-0.3, -0.25) is 0 Å². The third-order valence-corrected chi connectivity index (χ3v) is 1.10. The van der Waals surface area contributed by atoms with Crippen molar-refractivity contribution in [2.24, 2.45) is 0 Å². The fourth-order valence-corrected chi connectivity index (χ4v) is 0.398. The van der Waals surface area contributed by atoms with Crippen molar-refractivity contribution in [2.75, 3.05) is 20.3 Å². The predicted octanol–water partition coefficient (Wildman–Crippen LogP) is 0.487. The van der Waals surface area contributed by atoms with Gasteiger partial charge < -0.3 is 14.9 Å². The van der Waals surface area contributed by atoms with Crippen molar-refractivity contribution in [3.8, 4) is 0 Å². The lowest BCUT2D eigenvalue weighted by Crippen LogP contribution is -1.98. The van der Waals surface area contributed by atoms with Gasteiger partial charge >= 0.3 is 5.97 Å². The zero-order chi connectivity index (χ0) is 10.7. The average Bonchev–Trinajstić information content (AvgIpc) is 2.14. The third kappa shape index (κ3) is 14.0. The molecule has 0 aromatic carbocycles. The average molecular weight is 190 g/mol. The quantitative estimate of drug-likeness (QED) is 0.384. The first-order valence-corrected chi connectivity index (χ1v) is 4.05. The SMILES string of the molecule is C=C(C)C(=O)OC.OCCCCO. The molecule has 0 unspecified atom stereocenters. The van der Waals surface area contributed by atoms with Crippen LogP contribution in [0.3, 0.4) is 0 Å². The molecule has 13 heavy (non-hydrogen) atoms. The number of methoxy groups -OCH3 is 1. The molecule has 4 heteroatoms. The molecule has 0 aromatic heterocycles. The molecule has 0 fully saturated rings. The van der Waals surface area contributed by atoms with E-state index in [0.29, 0.717) is 5.57 Å². The number of carbonyl (C=O) groups is 1. The van der Waals surface area contributed by atoms with Crippen LogP contribution in [0.15, 0.2) is 12.2 Å². The van der Waals surface area contributed by atoms with Gasteiger partial charge in [0.25, 0.3) is 0 Å². The molecular weight excluding hydrogens is 172 g/mol. The second-order valence-corrected chi connectivity index (χ2v) is 2.43. The summed E-state index contributed by atoms with van der Waals surface area (Å²) in [5.74, 6) is -0.347. The number of hydrogen-bond donors (Lipinski definition) is 2. The fourth-order valence-electron chi connectivity index (χ4n) is 0.398. The Kier molecular flexibility index (Phi) is 12.5. The maximum Gasteiger partial charge on any atom is 0.332 e. The van der Waals surface area contributed by atoms with Gasteiger partial charge in [0.1, 0.15) is 0 Å². The lowest BCUT2D eigenvalue weighted by atomic mass is 10.3. The number of ether oxygens (including phenoxy) is 1. The van der Waals surface area contributed by atoms with Gasteiger partial charge in [-0.2, -0.15) is 0 Å². The first-order valence-electron chi connectivity index (χ1n) is 4.05. The van der Waals surface area contributed by atoms with E-state index in [1.54, 1.807) is 6.92 Å². The largest absolute Gasteiger partial charge is 0.466 e. The molecule has 2 N–H and O–H groups in total. The number of aliphatic hydroxyl groups excluding tert-OH is 2. The Bertz CT molecular complexity index is 139. The van der Waals surface area contributed by atoms with Crippen molar-refractivity contribution in [3.05, 3.63) is 12.2 Å². The molecule has 0 atom stereocenters. The summed E-state index contributed by atoms with van der Waals surface area (Å²) in [4.78, 5) is 10.2. The van der Waals surface area contributed by atoms with E-state index < -0.39 is 0 Å². The minimum Gasteiger partial charge on any atom is -0.466 e. The predicted molar refractivity (Wildman–Crippen MR) is 50.2 cm³/mol. The minimum atomic E-state index is -0.347. The van der Waals surface area contributed by atoms with Crippen LogP contribution in [0.2, 0.25) is 0 Å². The highest BCUT2D eigenvalue weighted by Gasteiger charge is 1.95. The van der Waals surface area contributed by atoms with Crippen LogP contribution in [0.5, 0.6) is 0 Å². The van der Waals surface area contributed by atoms with Crippen molar-refractivity contribution in [2.45, 2.75) is 19.8 Å². The maximum atomic E-state index is 10.2. The molecule has 0 amide bonds. The van der Waals surface area contributed by atoms with Crippen LogP contribution >= 0.6 is 0 Å². The van der Waals surface area contributed by atoms with Crippen LogP contribution in [-0.2, 0) is 9.53 Å². The number of unbranched alkanes of at least 4 members (excludes halogenated alkanes) is 1. The van der Waals surface area contributed by atoms with Gasteiger partial charge in [0.05, 0.1) is 7.11 Å². The number of carbonyl (C=O) groups excluding carboxylic acids is 1. The van der Waals surface area contributed by atoms with E-state index in [9.17, 15) is 4.79 Å². The van der Waals surface area contributed by atoms with E-state index in [-0.39, 0.29) is 19.2 Å². The molecular formula is C9H18O4. The molecule has 0 saturated heterocycles. The summed E-state index contributed by atoms with van der Waals surface area (Å²) >= 11 is 0. The molecule has 0 rings (SSSR count). The maximum absolute atomic E-state index is 10.2. The number of aliphatic hydroxyl groups is 2. The topological polar surface area (TPSA) is 66.8 Å². The van der Waals surface area contributed by atoms with E-state index >= 15 is 0 Å². The molecule has 0 saturated carbocycles. The second-order valence-electron chi connectivity index (χ2n) is 2.43. The first-order chi connectivity index (χ1) is 6.09. The lowest BCUT2D eigenvalue weighted by Gasteiger charge is -1.91. The van der Waals surface area contributed by atoms with Crippen LogP contribution < -0.4 is 0 Å². The smallest absolute Gasteiger partial charge is 0.332 e. The van der Waals surface area contributed by atoms with Crippen LogP contribution in [0.4, 0.5) is 0 Å². The Hall–Kier alpha value is -0.870. The summed E-state index contributed by atoms with van der Waals surface area (Å²) in [6, 6.07) is 0. The molecule has 0 aromatic rings. The Morgan fingerprint density at radius 3 is 1.77 bits per heavy atom. The molecule has 0 bridgehead atoms. The highest BCUT2D eigenvalue weighted by atomic mass is 16.5. The van der Waals surface area contributed by atoms with Crippen LogP contribution in [0.25, 0.3) is 0 Å². The molecule has 4 nitrogen and oxygen atoms in total. The normalized spacial score (nSPS) is 8.31. The van der Waals surface area contributed by atoms with Gasteiger partial charge in [-0.15, -0.1) is 0 Å². The minimum absolute atomic E-state index is 0.195. The lowest BCUT2D eigenvalue weighted by molar-refractivity contribution is -0.136. The van der Waals surface area contributed by atoms with Gasteiger partial charge in [-0.05, 0) is 19.8 Å². The molecule has 0 aliphatic rings. The van der Waals surface area contributed by atoms with Gasteiger partial charge in [-0.1, -0.05) is 6.58 Å². The summed E-state index contributed by atoms with van der Waals surface area (Å²) in [7, 11) is 1.33. The van der Waals surface area contributed by atoms with Crippen LogP contribution in [0.1, 0.15) is 19.8 Å². The van der Waals surface area contributed by atoms with Crippen molar-refractivity contribution in [1.82, 2.24) is 0 Å². The van der Waals surface area contributed by atoms with Crippen LogP contribution in [0, 0.1) is 0 Å². The van der Waals surface area contributed by atoms with E-state index in [4.69, 9.17) is 10.2 Å². The zero-order valence-electron chi connectivity index (χ0n) is 8.25. The number of hydrogen-bond acceptors (Lipinski definition) is 4. The molecule has 0 aliphatic heterocycles. The summed E-state index contributed by atoms with van der Waals surface area (Å²) in [6.45, 7) is 5.34. The fraction of sp³-hybridized carbons (Fsp3) is 0.667. The van der Waals surface area contributed by atoms with E-state index in [2.05, 4.69) is 11.3 Å². The highest BCUT2D eigenvalue weighted by molar-refractivity contribution is 5.86. The van der Waals surface area contributed by atoms with Crippen molar-refractivity contribution in [1.29, 1.82) is 0 Å². The highest BCUT2D eigenvalue weighted by Crippen LogP contribution is 1.87. The molecule has 78 valence electrons. The zero-order valence-corrected chi connectivity index (χ0v) is 8.25. The summed E-state index contributed by atoms with van der Waals surface area (Å²) in [5.41, 5.74) is 0.433. The number of rotatable bonds is 4.